The van der Waals surface area contributed by atoms with Crippen LogP contribution < -0.4 is 21.7 Å². The summed E-state index contributed by atoms with van der Waals surface area (Å²) in [7, 11) is 0. The minimum Gasteiger partial charge on any atom is -0.480 e. The molecule has 2 heterocycles. The Labute approximate surface area is 175 Å². The SMILES string of the molecule is CCC1NC(C2CCC3C(CC[C@H]3NC(=O)c3ccc(=O)n(CC(=O)O)c3)C2)NO1. The Morgan fingerprint density at radius 1 is 1.23 bits per heavy atom. The second kappa shape index (κ2) is 8.87. The molecular formula is C21H30N4O5. The maximum atomic E-state index is 12.8. The van der Waals surface area contributed by atoms with Crippen molar-refractivity contribution < 1.29 is 19.5 Å². The number of nitrogens with one attached hydrogen (secondary N) is 3. The van der Waals surface area contributed by atoms with Crippen LogP contribution in [0, 0.1) is 17.8 Å². The fourth-order valence-corrected chi connectivity index (χ4v) is 5.32. The van der Waals surface area contributed by atoms with Crippen molar-refractivity contribution >= 4 is 11.9 Å². The molecule has 4 rings (SSSR count). The number of hydrogen-bond donors (Lipinski definition) is 4. The highest BCUT2D eigenvalue weighted by Crippen LogP contribution is 2.45. The molecule has 1 amide bonds. The van der Waals surface area contributed by atoms with Crippen LogP contribution in [0.15, 0.2) is 23.1 Å². The Balaban J connectivity index is 1.35. The number of hydroxylamine groups is 1. The summed E-state index contributed by atoms with van der Waals surface area (Å²) in [5, 5.41) is 15.6. The Morgan fingerprint density at radius 3 is 2.77 bits per heavy atom. The largest absolute Gasteiger partial charge is 0.480 e. The summed E-state index contributed by atoms with van der Waals surface area (Å²) >= 11 is 0. The highest BCUT2D eigenvalue weighted by molar-refractivity contribution is 5.94. The van der Waals surface area contributed by atoms with Crippen molar-refractivity contribution in [1.29, 1.82) is 0 Å². The summed E-state index contributed by atoms with van der Waals surface area (Å²) in [4.78, 5) is 41.0. The number of carbonyl (C=O) groups excluding carboxylic acids is 1. The van der Waals surface area contributed by atoms with Gasteiger partial charge in [-0.15, -0.1) is 0 Å². The van der Waals surface area contributed by atoms with Crippen LogP contribution in [0.1, 0.15) is 55.8 Å². The molecule has 9 nitrogen and oxygen atoms in total. The summed E-state index contributed by atoms with van der Waals surface area (Å²) in [5.74, 6) is 0.197. The van der Waals surface area contributed by atoms with Gasteiger partial charge in [-0.25, -0.2) is 0 Å². The van der Waals surface area contributed by atoms with Crippen LogP contribution >= 0.6 is 0 Å². The van der Waals surface area contributed by atoms with Crippen molar-refractivity contribution in [1.82, 2.24) is 20.7 Å². The Hall–Kier alpha value is -2.23. The van der Waals surface area contributed by atoms with Crippen LogP contribution in [0.25, 0.3) is 0 Å². The lowest BCUT2D eigenvalue weighted by atomic mass is 9.74. The lowest BCUT2D eigenvalue weighted by Gasteiger charge is -2.36. The second-order valence-electron chi connectivity index (χ2n) is 8.71. The molecule has 0 aromatic carbocycles. The van der Waals surface area contributed by atoms with Gasteiger partial charge in [0, 0.05) is 18.3 Å². The summed E-state index contributed by atoms with van der Waals surface area (Å²) < 4.78 is 1.05. The third kappa shape index (κ3) is 4.43. The number of amides is 1. The van der Waals surface area contributed by atoms with E-state index in [1.54, 1.807) is 0 Å². The molecule has 1 aromatic heterocycles. The number of hydrogen-bond acceptors (Lipinski definition) is 6. The number of carboxylic acid groups (broad SMARTS) is 1. The predicted octanol–water partition coefficient (Wildman–Crippen LogP) is 1.04. The third-order valence-electron chi connectivity index (χ3n) is 6.86. The highest BCUT2D eigenvalue weighted by atomic mass is 16.7. The molecule has 3 fully saturated rings. The van der Waals surface area contributed by atoms with E-state index >= 15 is 0 Å². The molecular weight excluding hydrogens is 388 g/mol. The first kappa shape index (κ1) is 21.0. The number of aliphatic carboxylic acids is 1. The zero-order chi connectivity index (χ0) is 21.3. The topological polar surface area (TPSA) is 122 Å². The molecule has 1 aromatic rings. The summed E-state index contributed by atoms with van der Waals surface area (Å²) in [6, 6.07) is 2.82. The van der Waals surface area contributed by atoms with E-state index in [0.717, 1.165) is 43.1 Å². The van der Waals surface area contributed by atoms with Crippen LogP contribution in [0.2, 0.25) is 0 Å². The van der Waals surface area contributed by atoms with E-state index in [4.69, 9.17) is 9.94 Å². The van der Waals surface area contributed by atoms with E-state index < -0.39 is 18.1 Å². The molecule has 164 valence electrons. The standard InChI is InChI=1S/C21H30N4O5/c1-2-17-23-20(24-30-17)13-3-6-15-12(9-13)4-7-16(15)22-21(29)14-5-8-18(26)25(10-14)11-19(27)28/h5,8,10,12-13,15-17,20,23-24H,2-4,6-7,9,11H2,1H3,(H,22,29)(H,27,28)/t12?,13?,15?,16-,17?,20?/m1/s1. The zero-order valence-corrected chi connectivity index (χ0v) is 17.2. The first-order valence-corrected chi connectivity index (χ1v) is 10.8. The van der Waals surface area contributed by atoms with Gasteiger partial charge in [0.2, 0.25) is 0 Å². The van der Waals surface area contributed by atoms with Crippen molar-refractivity contribution in [2.75, 3.05) is 0 Å². The number of rotatable bonds is 6. The quantitative estimate of drug-likeness (QED) is 0.545. The molecule has 2 saturated carbocycles. The lowest BCUT2D eigenvalue weighted by Crippen LogP contribution is -2.45. The monoisotopic (exact) mass is 418 g/mol. The first-order chi connectivity index (χ1) is 14.4. The molecule has 9 heteroatoms. The Morgan fingerprint density at radius 2 is 2.03 bits per heavy atom. The maximum absolute atomic E-state index is 12.8. The smallest absolute Gasteiger partial charge is 0.323 e. The maximum Gasteiger partial charge on any atom is 0.323 e. The van der Waals surface area contributed by atoms with E-state index in [1.807, 2.05) is 0 Å². The molecule has 1 aliphatic heterocycles. The van der Waals surface area contributed by atoms with Crippen molar-refractivity contribution in [2.24, 2.45) is 17.8 Å². The first-order valence-electron chi connectivity index (χ1n) is 10.8. The van der Waals surface area contributed by atoms with Gasteiger partial charge in [-0.3, -0.25) is 24.5 Å². The average Bonchev–Trinajstić information content (AvgIpc) is 3.36. The Bertz CT molecular complexity index is 856. The van der Waals surface area contributed by atoms with Gasteiger partial charge in [0.25, 0.3) is 11.5 Å². The van der Waals surface area contributed by atoms with Gasteiger partial charge in [0.15, 0.2) is 0 Å². The van der Waals surface area contributed by atoms with E-state index in [1.165, 1.54) is 18.3 Å². The highest BCUT2D eigenvalue weighted by Gasteiger charge is 2.43. The predicted molar refractivity (Wildman–Crippen MR) is 108 cm³/mol. The van der Waals surface area contributed by atoms with Gasteiger partial charge in [0.1, 0.15) is 12.8 Å². The van der Waals surface area contributed by atoms with Crippen molar-refractivity contribution in [3.8, 4) is 0 Å². The number of carboxylic acids is 1. The van der Waals surface area contributed by atoms with Crippen LogP contribution in [0.4, 0.5) is 0 Å². The zero-order valence-electron chi connectivity index (χ0n) is 17.2. The number of carbonyl (C=O) groups is 2. The number of nitrogens with zero attached hydrogens (tertiary/aromatic N) is 1. The molecule has 30 heavy (non-hydrogen) atoms. The van der Waals surface area contributed by atoms with Crippen molar-refractivity contribution in [3.05, 3.63) is 34.2 Å². The van der Waals surface area contributed by atoms with Gasteiger partial charge < -0.3 is 15.0 Å². The van der Waals surface area contributed by atoms with Gasteiger partial charge in [-0.05, 0) is 62.3 Å². The van der Waals surface area contributed by atoms with E-state index in [2.05, 4.69) is 23.0 Å². The molecule has 5 unspecified atom stereocenters. The summed E-state index contributed by atoms with van der Waals surface area (Å²) in [6.45, 7) is 1.64. The van der Waals surface area contributed by atoms with Crippen LogP contribution in [-0.2, 0) is 16.2 Å². The summed E-state index contributed by atoms with van der Waals surface area (Å²) in [5.41, 5.74) is 3.03. The minimum atomic E-state index is -1.12. The van der Waals surface area contributed by atoms with Crippen molar-refractivity contribution in [3.63, 3.8) is 0 Å². The van der Waals surface area contributed by atoms with Crippen LogP contribution in [0.3, 0.4) is 0 Å². The van der Waals surface area contributed by atoms with Gasteiger partial charge in [-0.2, -0.15) is 5.48 Å². The Kier molecular flexibility index (Phi) is 6.21. The third-order valence-corrected chi connectivity index (χ3v) is 6.86. The van der Waals surface area contributed by atoms with E-state index in [0.29, 0.717) is 23.3 Å². The molecule has 0 bridgehead atoms. The van der Waals surface area contributed by atoms with Crippen LogP contribution in [0.5, 0.6) is 0 Å². The summed E-state index contributed by atoms with van der Waals surface area (Å²) in [6.07, 6.45) is 7.83. The van der Waals surface area contributed by atoms with E-state index in [9.17, 15) is 14.4 Å². The van der Waals surface area contributed by atoms with Crippen molar-refractivity contribution in [2.45, 2.75) is 70.4 Å². The second-order valence-corrected chi connectivity index (χ2v) is 8.71. The molecule has 0 spiro atoms. The molecule has 4 N–H and O–H groups in total. The molecule has 1 saturated heterocycles. The molecule has 0 radical (unpaired) electrons. The lowest BCUT2D eigenvalue weighted by molar-refractivity contribution is -0.137. The molecule has 2 aliphatic carbocycles. The number of pyridine rings is 1. The molecule has 6 atom stereocenters. The number of aromatic nitrogens is 1. The normalized spacial score (nSPS) is 33.2. The van der Waals surface area contributed by atoms with Gasteiger partial charge in [0.05, 0.1) is 11.7 Å². The van der Waals surface area contributed by atoms with Gasteiger partial charge in [-0.1, -0.05) is 6.92 Å². The minimum absolute atomic E-state index is 0.0766. The van der Waals surface area contributed by atoms with Crippen LogP contribution in [-0.4, -0.2) is 40.0 Å². The number of fused-ring (bicyclic) bond motifs is 1. The molecule has 3 aliphatic rings. The fraction of sp³-hybridized carbons (Fsp3) is 0.667. The average molecular weight is 418 g/mol. The van der Waals surface area contributed by atoms with E-state index in [-0.39, 0.29) is 24.3 Å². The fourth-order valence-electron chi connectivity index (χ4n) is 5.32. The van der Waals surface area contributed by atoms with Gasteiger partial charge >= 0.3 is 5.97 Å².